The van der Waals surface area contributed by atoms with E-state index in [-0.39, 0.29) is 18.4 Å². The number of hydrogen-bond donors (Lipinski definition) is 1. The average Bonchev–Trinajstić information content (AvgIpc) is 2.56. The molecule has 4 nitrogen and oxygen atoms in total. The van der Waals surface area contributed by atoms with Gasteiger partial charge < -0.3 is 10.5 Å². The van der Waals surface area contributed by atoms with Gasteiger partial charge in [-0.15, -0.1) is 11.3 Å². The maximum Gasteiger partial charge on any atom is 0.307 e. The van der Waals surface area contributed by atoms with Crippen LogP contribution in [0.25, 0.3) is 0 Å². The first kappa shape index (κ1) is 9.15. The number of aromatic nitrogens is 1. The molecule has 1 aromatic heterocycles. The van der Waals surface area contributed by atoms with Crippen LogP contribution in [0.1, 0.15) is 17.5 Å². The lowest BCUT2D eigenvalue weighted by Crippen LogP contribution is -2.15. The Balaban J connectivity index is 2.49. The summed E-state index contributed by atoms with van der Waals surface area (Å²) in [6.07, 6.45) is 1.85. The van der Waals surface area contributed by atoms with E-state index < -0.39 is 0 Å². The molecule has 0 saturated carbocycles. The first-order valence-electron chi connectivity index (χ1n) is 3.46. The number of nitrogens with zero attached hydrogens (tertiary/aromatic N) is 1. The first-order valence-corrected chi connectivity index (χ1v) is 4.33. The molecule has 0 aliphatic carbocycles. The fourth-order valence-electron chi connectivity index (χ4n) is 0.768. The molecule has 0 aliphatic heterocycles. The summed E-state index contributed by atoms with van der Waals surface area (Å²) in [5, 5.41) is 2.59. The Morgan fingerprint density at radius 3 is 3.17 bits per heavy atom. The Morgan fingerprint density at radius 1 is 1.92 bits per heavy atom. The molecule has 66 valence electrons. The van der Waals surface area contributed by atoms with E-state index in [0.717, 1.165) is 5.01 Å². The van der Waals surface area contributed by atoms with E-state index in [1.54, 1.807) is 6.20 Å². The third kappa shape index (κ3) is 2.28. The van der Waals surface area contributed by atoms with Crippen molar-refractivity contribution in [1.82, 2.24) is 4.98 Å². The highest BCUT2D eigenvalue weighted by atomic mass is 32.1. The van der Waals surface area contributed by atoms with Gasteiger partial charge in [0, 0.05) is 11.6 Å². The highest BCUT2D eigenvalue weighted by Gasteiger charge is 2.13. The van der Waals surface area contributed by atoms with Crippen molar-refractivity contribution in [3.63, 3.8) is 0 Å². The molecule has 0 aliphatic rings. The standard InChI is InChI=1S/C7H10N2O2S/c1-11-6(10)4-5(8)7-9-2-3-12-7/h2-3,5H,4,8H2,1H3/t5-/m1/s1. The lowest BCUT2D eigenvalue weighted by Gasteiger charge is -2.05. The van der Waals surface area contributed by atoms with E-state index in [1.807, 2.05) is 5.38 Å². The van der Waals surface area contributed by atoms with Crippen LogP contribution in [0.4, 0.5) is 0 Å². The quantitative estimate of drug-likeness (QED) is 0.706. The van der Waals surface area contributed by atoms with Gasteiger partial charge in [0.15, 0.2) is 0 Å². The summed E-state index contributed by atoms with van der Waals surface area (Å²) < 4.78 is 4.48. The molecule has 2 N–H and O–H groups in total. The summed E-state index contributed by atoms with van der Waals surface area (Å²) in [4.78, 5) is 14.8. The van der Waals surface area contributed by atoms with Crippen LogP contribution in [0.3, 0.4) is 0 Å². The monoisotopic (exact) mass is 186 g/mol. The zero-order valence-corrected chi connectivity index (χ0v) is 7.50. The number of hydrogen-bond acceptors (Lipinski definition) is 5. The molecule has 0 radical (unpaired) electrons. The number of rotatable bonds is 3. The van der Waals surface area contributed by atoms with Crippen molar-refractivity contribution in [3.05, 3.63) is 16.6 Å². The SMILES string of the molecule is COC(=O)C[C@@H](N)c1nccs1. The van der Waals surface area contributed by atoms with Gasteiger partial charge >= 0.3 is 5.97 Å². The molecule has 0 amide bonds. The van der Waals surface area contributed by atoms with E-state index >= 15 is 0 Å². The summed E-state index contributed by atoms with van der Waals surface area (Å²) in [5.41, 5.74) is 5.66. The van der Waals surface area contributed by atoms with Crippen LogP contribution in [0, 0.1) is 0 Å². The highest BCUT2D eigenvalue weighted by molar-refractivity contribution is 7.09. The Labute approximate surface area is 74.4 Å². The maximum absolute atomic E-state index is 10.8. The smallest absolute Gasteiger partial charge is 0.307 e. The number of methoxy groups -OCH3 is 1. The Bertz CT molecular complexity index is 248. The second-order valence-electron chi connectivity index (χ2n) is 2.26. The summed E-state index contributed by atoms with van der Waals surface area (Å²) in [7, 11) is 1.34. The number of esters is 1. The van der Waals surface area contributed by atoms with E-state index in [2.05, 4.69) is 9.72 Å². The average molecular weight is 186 g/mol. The van der Waals surface area contributed by atoms with E-state index in [9.17, 15) is 4.79 Å². The van der Waals surface area contributed by atoms with Crippen LogP contribution in [-0.2, 0) is 9.53 Å². The molecular weight excluding hydrogens is 176 g/mol. The molecule has 0 bridgehead atoms. The van der Waals surface area contributed by atoms with Crippen molar-refractivity contribution in [2.24, 2.45) is 5.73 Å². The zero-order valence-electron chi connectivity index (χ0n) is 6.69. The summed E-state index contributed by atoms with van der Waals surface area (Å²) >= 11 is 1.44. The Hall–Kier alpha value is -0.940. The number of carbonyl (C=O) groups is 1. The van der Waals surface area contributed by atoms with E-state index in [4.69, 9.17) is 5.73 Å². The fourth-order valence-corrected chi connectivity index (χ4v) is 1.41. The third-order valence-electron chi connectivity index (χ3n) is 1.38. The number of carbonyl (C=O) groups excluding carboxylic acids is 1. The van der Waals surface area contributed by atoms with Gasteiger partial charge in [-0.05, 0) is 0 Å². The molecule has 5 heteroatoms. The molecule has 0 spiro atoms. The summed E-state index contributed by atoms with van der Waals surface area (Å²) in [6.45, 7) is 0. The Morgan fingerprint density at radius 2 is 2.67 bits per heavy atom. The number of ether oxygens (including phenoxy) is 1. The molecule has 1 aromatic rings. The minimum absolute atomic E-state index is 0.185. The first-order chi connectivity index (χ1) is 5.74. The van der Waals surface area contributed by atoms with Gasteiger partial charge in [-0.25, -0.2) is 4.98 Å². The number of nitrogens with two attached hydrogens (primary N) is 1. The minimum Gasteiger partial charge on any atom is -0.469 e. The van der Waals surface area contributed by atoms with Crippen LogP contribution in [0.5, 0.6) is 0 Å². The van der Waals surface area contributed by atoms with Crippen LogP contribution >= 0.6 is 11.3 Å². The molecule has 1 atom stereocenters. The van der Waals surface area contributed by atoms with Gasteiger partial charge in [0.25, 0.3) is 0 Å². The number of thiazole rings is 1. The summed E-state index contributed by atoms with van der Waals surface area (Å²) in [5.74, 6) is -0.308. The fraction of sp³-hybridized carbons (Fsp3) is 0.429. The van der Waals surface area contributed by atoms with Gasteiger partial charge in [-0.1, -0.05) is 0 Å². The Kier molecular flexibility index (Phi) is 3.19. The van der Waals surface area contributed by atoms with Crippen molar-refractivity contribution in [3.8, 4) is 0 Å². The maximum atomic E-state index is 10.8. The van der Waals surface area contributed by atoms with Crippen molar-refractivity contribution in [1.29, 1.82) is 0 Å². The van der Waals surface area contributed by atoms with Gasteiger partial charge in [0.05, 0.1) is 19.6 Å². The lowest BCUT2D eigenvalue weighted by atomic mass is 10.2. The lowest BCUT2D eigenvalue weighted by molar-refractivity contribution is -0.141. The molecule has 1 heterocycles. The molecule has 0 fully saturated rings. The van der Waals surface area contributed by atoms with Crippen molar-refractivity contribution in [2.75, 3.05) is 7.11 Å². The normalized spacial score (nSPS) is 12.5. The molecule has 1 rings (SSSR count). The third-order valence-corrected chi connectivity index (χ3v) is 2.29. The largest absolute Gasteiger partial charge is 0.469 e. The van der Waals surface area contributed by atoms with Gasteiger partial charge in [0.1, 0.15) is 5.01 Å². The molecule has 12 heavy (non-hydrogen) atoms. The zero-order chi connectivity index (χ0) is 8.97. The topological polar surface area (TPSA) is 65.2 Å². The minimum atomic E-state index is -0.336. The van der Waals surface area contributed by atoms with Crippen molar-refractivity contribution in [2.45, 2.75) is 12.5 Å². The predicted octanol–water partition coefficient (Wildman–Crippen LogP) is 0.706. The molecular formula is C7H10N2O2S. The molecule has 0 saturated heterocycles. The second-order valence-corrected chi connectivity index (χ2v) is 3.18. The van der Waals surface area contributed by atoms with E-state index in [0.29, 0.717) is 0 Å². The van der Waals surface area contributed by atoms with Gasteiger partial charge in [0.2, 0.25) is 0 Å². The predicted molar refractivity (Wildman–Crippen MR) is 45.7 cm³/mol. The molecule has 0 unspecified atom stereocenters. The van der Waals surface area contributed by atoms with Crippen LogP contribution < -0.4 is 5.73 Å². The van der Waals surface area contributed by atoms with E-state index in [1.165, 1.54) is 18.4 Å². The highest BCUT2D eigenvalue weighted by Crippen LogP contribution is 2.16. The van der Waals surface area contributed by atoms with Crippen LogP contribution in [-0.4, -0.2) is 18.1 Å². The van der Waals surface area contributed by atoms with Crippen LogP contribution in [0.15, 0.2) is 11.6 Å². The van der Waals surface area contributed by atoms with Gasteiger partial charge in [-0.3, -0.25) is 4.79 Å². The van der Waals surface area contributed by atoms with Crippen LogP contribution in [0.2, 0.25) is 0 Å². The second kappa shape index (κ2) is 4.18. The van der Waals surface area contributed by atoms with Crippen molar-refractivity contribution < 1.29 is 9.53 Å². The van der Waals surface area contributed by atoms with Crippen molar-refractivity contribution >= 4 is 17.3 Å². The van der Waals surface area contributed by atoms with Gasteiger partial charge in [-0.2, -0.15) is 0 Å². The molecule has 0 aromatic carbocycles. The summed E-state index contributed by atoms with van der Waals surface area (Å²) in [6, 6.07) is -0.336.